The average molecular weight is 296 g/mol. The van der Waals surface area contributed by atoms with Gasteiger partial charge in [0.2, 0.25) is 5.95 Å². The van der Waals surface area contributed by atoms with E-state index in [1.807, 2.05) is 32.9 Å². The first-order chi connectivity index (χ1) is 10.5. The van der Waals surface area contributed by atoms with Crippen molar-refractivity contribution in [3.63, 3.8) is 0 Å². The maximum atomic E-state index is 12.4. The third kappa shape index (κ3) is 3.61. The zero-order valence-electron chi connectivity index (χ0n) is 13.1. The van der Waals surface area contributed by atoms with Gasteiger partial charge in [0.15, 0.2) is 0 Å². The Morgan fingerprint density at radius 2 is 1.73 bits per heavy atom. The monoisotopic (exact) mass is 296 g/mol. The van der Waals surface area contributed by atoms with Crippen molar-refractivity contribution in [2.45, 2.75) is 39.7 Å². The fourth-order valence-electron chi connectivity index (χ4n) is 2.40. The first-order valence-corrected chi connectivity index (χ1v) is 7.51. The van der Waals surface area contributed by atoms with Crippen molar-refractivity contribution in [3.05, 3.63) is 46.8 Å². The van der Waals surface area contributed by atoms with Gasteiger partial charge in [-0.25, -0.2) is 9.97 Å². The highest BCUT2D eigenvalue weighted by Gasteiger charge is 2.22. The molecule has 114 valence electrons. The molecule has 1 fully saturated rings. The molecule has 1 amide bonds. The first-order valence-electron chi connectivity index (χ1n) is 7.51. The molecule has 5 nitrogen and oxygen atoms in total. The SMILES string of the molecule is Cc1cc(C)cc(NC(=O)c2cc(C)nc(NC3CC3)n2)c1. The number of hydrogen-bond donors (Lipinski definition) is 2. The molecule has 1 aliphatic rings. The van der Waals surface area contributed by atoms with Crippen molar-refractivity contribution in [2.24, 2.45) is 0 Å². The molecule has 1 aromatic carbocycles. The summed E-state index contributed by atoms with van der Waals surface area (Å²) in [5.41, 5.74) is 4.18. The Labute approximate surface area is 130 Å². The minimum Gasteiger partial charge on any atom is -0.351 e. The molecule has 0 aliphatic heterocycles. The van der Waals surface area contributed by atoms with Crippen molar-refractivity contribution in [2.75, 3.05) is 10.6 Å². The Hall–Kier alpha value is -2.43. The van der Waals surface area contributed by atoms with Crippen LogP contribution in [0.25, 0.3) is 0 Å². The second-order valence-corrected chi connectivity index (χ2v) is 5.97. The van der Waals surface area contributed by atoms with Crippen LogP contribution in [0.5, 0.6) is 0 Å². The maximum absolute atomic E-state index is 12.4. The molecule has 0 spiro atoms. The molecule has 0 saturated heterocycles. The van der Waals surface area contributed by atoms with Gasteiger partial charge in [0.25, 0.3) is 5.91 Å². The molecule has 3 rings (SSSR count). The van der Waals surface area contributed by atoms with E-state index in [2.05, 4.69) is 26.7 Å². The third-order valence-corrected chi connectivity index (χ3v) is 3.48. The number of carbonyl (C=O) groups excluding carboxylic acids is 1. The normalized spacial score (nSPS) is 13.8. The van der Waals surface area contributed by atoms with Crippen LogP contribution in [-0.4, -0.2) is 21.9 Å². The lowest BCUT2D eigenvalue weighted by molar-refractivity contribution is 0.102. The third-order valence-electron chi connectivity index (χ3n) is 3.48. The summed E-state index contributed by atoms with van der Waals surface area (Å²) in [6, 6.07) is 8.13. The van der Waals surface area contributed by atoms with Crippen LogP contribution in [0.2, 0.25) is 0 Å². The van der Waals surface area contributed by atoms with Crippen LogP contribution >= 0.6 is 0 Å². The Morgan fingerprint density at radius 1 is 1.05 bits per heavy atom. The van der Waals surface area contributed by atoms with E-state index in [0.717, 1.165) is 35.3 Å². The van der Waals surface area contributed by atoms with Crippen LogP contribution in [0.4, 0.5) is 11.6 Å². The Balaban J connectivity index is 1.80. The molecule has 2 aromatic rings. The highest BCUT2D eigenvalue weighted by molar-refractivity contribution is 6.03. The van der Waals surface area contributed by atoms with Crippen molar-refractivity contribution < 1.29 is 4.79 Å². The van der Waals surface area contributed by atoms with E-state index >= 15 is 0 Å². The van der Waals surface area contributed by atoms with Gasteiger partial charge < -0.3 is 10.6 Å². The molecular formula is C17H20N4O. The lowest BCUT2D eigenvalue weighted by Gasteiger charge is -2.09. The highest BCUT2D eigenvalue weighted by atomic mass is 16.1. The number of nitrogens with one attached hydrogen (secondary N) is 2. The van der Waals surface area contributed by atoms with Crippen LogP contribution in [-0.2, 0) is 0 Å². The Bertz CT molecular complexity index is 702. The van der Waals surface area contributed by atoms with E-state index < -0.39 is 0 Å². The Morgan fingerprint density at radius 3 is 2.36 bits per heavy atom. The van der Waals surface area contributed by atoms with Gasteiger partial charge in [0.05, 0.1) is 0 Å². The van der Waals surface area contributed by atoms with E-state index in [1.54, 1.807) is 6.07 Å². The molecule has 1 aromatic heterocycles. The number of nitrogens with zero attached hydrogens (tertiary/aromatic N) is 2. The molecule has 0 bridgehead atoms. The molecule has 0 radical (unpaired) electrons. The molecule has 0 unspecified atom stereocenters. The largest absolute Gasteiger partial charge is 0.351 e. The molecule has 1 saturated carbocycles. The number of carbonyl (C=O) groups is 1. The topological polar surface area (TPSA) is 66.9 Å². The van der Waals surface area contributed by atoms with Crippen LogP contribution < -0.4 is 10.6 Å². The van der Waals surface area contributed by atoms with E-state index in [0.29, 0.717) is 17.7 Å². The van der Waals surface area contributed by atoms with Crippen LogP contribution in [0, 0.1) is 20.8 Å². The number of hydrogen-bond acceptors (Lipinski definition) is 4. The average Bonchev–Trinajstić information content (AvgIpc) is 3.20. The molecule has 22 heavy (non-hydrogen) atoms. The summed E-state index contributed by atoms with van der Waals surface area (Å²) in [4.78, 5) is 21.1. The zero-order chi connectivity index (χ0) is 15.7. The summed E-state index contributed by atoms with van der Waals surface area (Å²) in [6.45, 7) is 5.89. The van der Waals surface area contributed by atoms with Gasteiger partial charge in [-0.15, -0.1) is 0 Å². The number of benzene rings is 1. The maximum Gasteiger partial charge on any atom is 0.274 e. The van der Waals surface area contributed by atoms with Gasteiger partial charge in [-0.1, -0.05) is 6.07 Å². The summed E-state index contributed by atoms with van der Waals surface area (Å²) in [5, 5.41) is 6.14. The quantitative estimate of drug-likeness (QED) is 0.909. The second kappa shape index (κ2) is 5.75. The van der Waals surface area contributed by atoms with Crippen molar-refractivity contribution in [1.29, 1.82) is 0 Å². The van der Waals surface area contributed by atoms with Crippen molar-refractivity contribution in [1.82, 2.24) is 9.97 Å². The summed E-state index contributed by atoms with van der Waals surface area (Å²) in [6.07, 6.45) is 2.28. The number of aromatic nitrogens is 2. The molecule has 1 heterocycles. The number of aryl methyl sites for hydroxylation is 3. The van der Waals surface area contributed by atoms with E-state index in [4.69, 9.17) is 0 Å². The number of rotatable bonds is 4. The lowest BCUT2D eigenvalue weighted by atomic mass is 10.1. The van der Waals surface area contributed by atoms with E-state index in [9.17, 15) is 4.79 Å². The standard InChI is InChI=1S/C17H20N4O/c1-10-6-11(2)8-14(7-10)19-16(22)15-9-12(3)18-17(21-15)20-13-4-5-13/h6-9,13H,4-5H2,1-3H3,(H,19,22)(H,18,20,21). The second-order valence-electron chi connectivity index (χ2n) is 5.97. The summed E-state index contributed by atoms with van der Waals surface area (Å²) < 4.78 is 0. The minimum atomic E-state index is -0.214. The molecular weight excluding hydrogens is 276 g/mol. The van der Waals surface area contributed by atoms with E-state index in [-0.39, 0.29) is 5.91 Å². The van der Waals surface area contributed by atoms with Crippen molar-refractivity contribution in [3.8, 4) is 0 Å². The number of anilines is 2. The fourth-order valence-corrected chi connectivity index (χ4v) is 2.40. The minimum absolute atomic E-state index is 0.214. The van der Waals surface area contributed by atoms with Gasteiger partial charge >= 0.3 is 0 Å². The van der Waals surface area contributed by atoms with Gasteiger partial charge in [-0.05, 0) is 62.9 Å². The van der Waals surface area contributed by atoms with Gasteiger partial charge in [-0.2, -0.15) is 0 Å². The van der Waals surface area contributed by atoms with Crippen LogP contribution in [0.1, 0.15) is 40.2 Å². The van der Waals surface area contributed by atoms with Crippen LogP contribution in [0.15, 0.2) is 24.3 Å². The summed E-state index contributed by atoms with van der Waals surface area (Å²) in [5.74, 6) is 0.322. The van der Waals surface area contributed by atoms with Crippen molar-refractivity contribution >= 4 is 17.5 Å². The number of amides is 1. The Kier molecular flexibility index (Phi) is 3.79. The summed E-state index contributed by atoms with van der Waals surface area (Å²) in [7, 11) is 0. The molecule has 1 aliphatic carbocycles. The fraction of sp³-hybridized carbons (Fsp3) is 0.353. The zero-order valence-corrected chi connectivity index (χ0v) is 13.1. The molecule has 5 heteroatoms. The van der Waals surface area contributed by atoms with Gasteiger partial charge in [0.1, 0.15) is 5.69 Å². The van der Waals surface area contributed by atoms with Gasteiger partial charge in [-0.3, -0.25) is 4.79 Å². The molecule has 0 atom stereocenters. The summed E-state index contributed by atoms with van der Waals surface area (Å²) >= 11 is 0. The lowest BCUT2D eigenvalue weighted by Crippen LogP contribution is -2.16. The predicted molar refractivity (Wildman–Crippen MR) is 87.3 cm³/mol. The highest BCUT2D eigenvalue weighted by Crippen LogP contribution is 2.23. The first kappa shape index (κ1) is 14.5. The van der Waals surface area contributed by atoms with Gasteiger partial charge in [0, 0.05) is 17.4 Å². The smallest absolute Gasteiger partial charge is 0.274 e. The van der Waals surface area contributed by atoms with Crippen LogP contribution in [0.3, 0.4) is 0 Å². The molecule has 2 N–H and O–H groups in total. The van der Waals surface area contributed by atoms with E-state index in [1.165, 1.54) is 0 Å². The predicted octanol–water partition coefficient (Wildman–Crippen LogP) is 3.23.